The van der Waals surface area contributed by atoms with E-state index < -0.39 is 0 Å². The zero-order chi connectivity index (χ0) is 16.4. The van der Waals surface area contributed by atoms with E-state index >= 15 is 0 Å². The summed E-state index contributed by atoms with van der Waals surface area (Å²) >= 11 is 1.62. The van der Waals surface area contributed by atoms with Gasteiger partial charge in [0.25, 0.3) is 0 Å². The number of hydrogen-bond acceptors (Lipinski definition) is 2. The number of rotatable bonds is 4. The molecule has 3 aromatic carbocycles. The summed E-state index contributed by atoms with van der Waals surface area (Å²) < 4.78 is 0. The van der Waals surface area contributed by atoms with Gasteiger partial charge in [-0.25, -0.2) is 0 Å². The summed E-state index contributed by atoms with van der Waals surface area (Å²) in [5.41, 5.74) is 4.14. The predicted octanol–water partition coefficient (Wildman–Crippen LogP) is 5.91. The second-order valence-corrected chi connectivity index (χ2v) is 6.77. The van der Waals surface area contributed by atoms with Crippen molar-refractivity contribution >= 4 is 27.8 Å². The highest BCUT2D eigenvalue weighted by Crippen LogP contribution is 2.24. The van der Waals surface area contributed by atoms with Crippen molar-refractivity contribution in [2.24, 2.45) is 0 Å². The molecular weight excluding hydrogens is 310 g/mol. The molecule has 0 radical (unpaired) electrons. The second kappa shape index (κ2) is 6.42. The average molecular weight is 327 g/mol. The molecule has 1 N–H and O–H groups in total. The van der Waals surface area contributed by atoms with Crippen LogP contribution in [0.1, 0.15) is 21.6 Å². The van der Waals surface area contributed by atoms with E-state index in [1.807, 2.05) is 23.6 Å². The molecule has 116 valence electrons. The number of hydrogen-bond donors (Lipinski definition) is 1. The molecule has 1 nitrogen and oxygen atoms in total. The van der Waals surface area contributed by atoms with Crippen LogP contribution >= 0.6 is 11.3 Å². The Hall–Kier alpha value is -2.71. The maximum absolute atomic E-state index is 8.57. The van der Waals surface area contributed by atoms with Crippen molar-refractivity contribution in [2.75, 3.05) is 0 Å². The van der Waals surface area contributed by atoms with Crippen LogP contribution in [0.3, 0.4) is 0 Å². The maximum atomic E-state index is 8.57. The van der Waals surface area contributed by atoms with Gasteiger partial charge in [0.1, 0.15) is 0 Å². The van der Waals surface area contributed by atoms with Gasteiger partial charge in [-0.3, -0.25) is 5.41 Å². The largest absolute Gasteiger partial charge is 0.299 e. The van der Waals surface area contributed by atoms with Gasteiger partial charge in [-0.1, -0.05) is 72.8 Å². The molecular formula is C22H17NS. The fourth-order valence-electron chi connectivity index (χ4n) is 3.12. The molecule has 0 aliphatic heterocycles. The van der Waals surface area contributed by atoms with E-state index in [4.69, 9.17) is 5.41 Å². The van der Waals surface area contributed by atoms with Crippen LogP contribution in [-0.2, 0) is 6.42 Å². The number of fused-ring (bicyclic) bond motifs is 1. The monoisotopic (exact) mass is 327 g/mol. The van der Waals surface area contributed by atoms with E-state index in [-0.39, 0.29) is 0 Å². The molecule has 0 spiro atoms. The van der Waals surface area contributed by atoms with E-state index in [0.29, 0.717) is 5.71 Å². The van der Waals surface area contributed by atoms with Crippen molar-refractivity contribution in [3.05, 3.63) is 106 Å². The smallest absolute Gasteiger partial charge is 0.0787 e. The summed E-state index contributed by atoms with van der Waals surface area (Å²) in [6, 6.07) is 27.2. The zero-order valence-electron chi connectivity index (χ0n) is 13.2. The highest BCUT2D eigenvalue weighted by atomic mass is 32.1. The van der Waals surface area contributed by atoms with Crippen molar-refractivity contribution in [2.45, 2.75) is 6.42 Å². The third-order valence-electron chi connectivity index (χ3n) is 4.32. The topological polar surface area (TPSA) is 23.9 Å². The van der Waals surface area contributed by atoms with Crippen molar-refractivity contribution in [3.63, 3.8) is 0 Å². The average Bonchev–Trinajstić information content (AvgIpc) is 3.17. The number of nitrogens with one attached hydrogen (secondary N) is 1. The predicted molar refractivity (Wildman–Crippen MR) is 103 cm³/mol. The summed E-state index contributed by atoms with van der Waals surface area (Å²) in [5.74, 6) is 0. The lowest BCUT2D eigenvalue weighted by molar-refractivity contribution is 1.20. The first-order chi connectivity index (χ1) is 11.8. The Kier molecular flexibility index (Phi) is 3.97. The van der Waals surface area contributed by atoms with Crippen molar-refractivity contribution in [1.82, 2.24) is 0 Å². The van der Waals surface area contributed by atoms with Crippen molar-refractivity contribution < 1.29 is 0 Å². The molecule has 0 saturated carbocycles. The van der Waals surface area contributed by atoms with Gasteiger partial charge in [0.15, 0.2) is 0 Å². The fraction of sp³-hybridized carbons (Fsp3) is 0.0455. The third kappa shape index (κ3) is 2.77. The standard InChI is InChI=1S/C22H17NS/c23-22(21-13-6-14-24-21)20-12-4-2-8-18(20)15-17-10-5-9-16-7-1-3-11-19(16)17/h1-14,23H,15H2. The minimum atomic E-state index is 0.612. The molecule has 4 rings (SSSR count). The van der Waals surface area contributed by atoms with Crippen molar-refractivity contribution in [1.29, 1.82) is 5.41 Å². The molecule has 0 aliphatic rings. The summed E-state index contributed by atoms with van der Waals surface area (Å²) in [7, 11) is 0. The van der Waals surface area contributed by atoms with E-state index in [1.165, 1.54) is 21.9 Å². The molecule has 0 aliphatic carbocycles. The Morgan fingerprint density at radius 3 is 2.38 bits per heavy atom. The number of benzene rings is 3. The van der Waals surface area contributed by atoms with Gasteiger partial charge in [0.2, 0.25) is 0 Å². The molecule has 0 amide bonds. The first-order valence-corrected chi connectivity index (χ1v) is 8.88. The van der Waals surface area contributed by atoms with E-state index in [2.05, 4.69) is 60.7 Å². The van der Waals surface area contributed by atoms with Gasteiger partial charge in [-0.2, -0.15) is 0 Å². The van der Waals surface area contributed by atoms with Crippen molar-refractivity contribution in [3.8, 4) is 0 Å². The van der Waals surface area contributed by atoms with Crippen LogP contribution in [0.25, 0.3) is 10.8 Å². The Labute approximate surface area is 145 Å². The molecule has 0 unspecified atom stereocenters. The van der Waals surface area contributed by atoms with Crippen LogP contribution in [0.4, 0.5) is 0 Å². The lowest BCUT2D eigenvalue weighted by Gasteiger charge is -2.12. The molecule has 0 saturated heterocycles. The first-order valence-electron chi connectivity index (χ1n) is 8.00. The minimum Gasteiger partial charge on any atom is -0.299 e. The summed E-state index contributed by atoms with van der Waals surface area (Å²) in [6.07, 6.45) is 0.839. The highest BCUT2D eigenvalue weighted by molar-refractivity contribution is 7.12. The molecule has 1 heterocycles. The van der Waals surface area contributed by atoms with E-state index in [1.54, 1.807) is 11.3 Å². The van der Waals surface area contributed by atoms with Gasteiger partial charge in [-0.15, -0.1) is 11.3 Å². The van der Waals surface area contributed by atoms with Crippen LogP contribution in [0, 0.1) is 5.41 Å². The fourth-order valence-corrected chi connectivity index (χ4v) is 3.81. The van der Waals surface area contributed by atoms with Gasteiger partial charge in [-0.05, 0) is 39.8 Å². The molecule has 0 bridgehead atoms. The third-order valence-corrected chi connectivity index (χ3v) is 5.20. The van der Waals surface area contributed by atoms with Gasteiger partial charge >= 0.3 is 0 Å². The Morgan fingerprint density at radius 2 is 1.50 bits per heavy atom. The van der Waals surface area contributed by atoms with E-state index in [0.717, 1.165) is 16.9 Å². The highest BCUT2D eigenvalue weighted by Gasteiger charge is 2.12. The molecule has 0 fully saturated rings. The van der Waals surface area contributed by atoms with Gasteiger partial charge < -0.3 is 0 Å². The Bertz CT molecular complexity index is 994. The second-order valence-electron chi connectivity index (χ2n) is 5.82. The SMILES string of the molecule is N=C(c1cccs1)c1ccccc1Cc1cccc2ccccc12. The van der Waals surface area contributed by atoms with Crippen LogP contribution in [0.5, 0.6) is 0 Å². The molecule has 0 atom stereocenters. The molecule has 4 aromatic rings. The van der Waals surface area contributed by atoms with Gasteiger partial charge in [0.05, 0.1) is 10.6 Å². The summed E-state index contributed by atoms with van der Waals surface area (Å²) in [6.45, 7) is 0. The Balaban J connectivity index is 1.76. The van der Waals surface area contributed by atoms with E-state index in [9.17, 15) is 0 Å². The molecule has 1 aromatic heterocycles. The normalized spacial score (nSPS) is 10.8. The Morgan fingerprint density at radius 1 is 0.750 bits per heavy atom. The van der Waals surface area contributed by atoms with Gasteiger partial charge in [0, 0.05) is 5.56 Å². The summed E-state index contributed by atoms with van der Waals surface area (Å²) in [4.78, 5) is 1.01. The quantitative estimate of drug-likeness (QED) is 0.451. The first kappa shape index (κ1) is 14.9. The van der Waals surface area contributed by atoms with Crippen LogP contribution < -0.4 is 0 Å². The lowest BCUT2D eigenvalue weighted by atomic mass is 9.93. The van der Waals surface area contributed by atoms with Crippen LogP contribution in [-0.4, -0.2) is 5.71 Å². The van der Waals surface area contributed by atoms with Crippen LogP contribution in [0.2, 0.25) is 0 Å². The van der Waals surface area contributed by atoms with Crippen LogP contribution in [0.15, 0.2) is 84.2 Å². The summed E-state index contributed by atoms with van der Waals surface area (Å²) in [5, 5.41) is 13.1. The zero-order valence-corrected chi connectivity index (χ0v) is 14.0. The molecule has 2 heteroatoms. The lowest BCUT2D eigenvalue weighted by Crippen LogP contribution is -2.04. The maximum Gasteiger partial charge on any atom is 0.0787 e. The minimum absolute atomic E-state index is 0.612. The number of thiophene rings is 1. The molecule has 24 heavy (non-hydrogen) atoms.